The second kappa shape index (κ2) is 4.00. The number of hydrogen-bond donors (Lipinski definition) is 2. The van der Waals surface area contributed by atoms with Gasteiger partial charge in [-0.15, -0.1) is 0 Å². The lowest BCUT2D eigenvalue weighted by Crippen LogP contribution is -2.01. The molecule has 0 amide bonds. The van der Waals surface area contributed by atoms with E-state index < -0.39 is 0 Å². The number of fused-ring (bicyclic) bond motifs is 1. The molecule has 1 aliphatic carbocycles. The van der Waals surface area contributed by atoms with Crippen LogP contribution in [0.15, 0.2) is 30.3 Å². The maximum absolute atomic E-state index is 4.37. The molecule has 82 valence electrons. The predicted molar refractivity (Wildman–Crippen MR) is 64.4 cm³/mol. The van der Waals surface area contributed by atoms with E-state index in [1.807, 2.05) is 18.2 Å². The normalized spacial score (nSPS) is 13.8. The maximum atomic E-state index is 4.37. The van der Waals surface area contributed by atoms with Gasteiger partial charge >= 0.3 is 0 Å². The minimum Gasteiger partial charge on any atom is -0.379 e. The molecule has 3 rings (SSSR count). The number of aryl methyl sites for hydroxylation is 1. The van der Waals surface area contributed by atoms with Gasteiger partial charge in [-0.1, -0.05) is 18.2 Å². The lowest BCUT2D eigenvalue weighted by Gasteiger charge is -2.04. The molecule has 16 heavy (non-hydrogen) atoms. The van der Waals surface area contributed by atoms with Crippen LogP contribution in [0.2, 0.25) is 0 Å². The van der Waals surface area contributed by atoms with E-state index >= 15 is 0 Å². The average molecular weight is 213 g/mol. The van der Waals surface area contributed by atoms with E-state index in [0.717, 1.165) is 18.7 Å². The number of nitrogens with zero attached hydrogens (tertiary/aromatic N) is 1. The van der Waals surface area contributed by atoms with Crippen molar-refractivity contribution in [3.8, 4) is 0 Å². The summed E-state index contributed by atoms with van der Waals surface area (Å²) in [6.07, 6.45) is 3.60. The van der Waals surface area contributed by atoms with E-state index in [-0.39, 0.29) is 0 Å². The Balaban J connectivity index is 1.71. The Hall–Kier alpha value is -1.77. The summed E-state index contributed by atoms with van der Waals surface area (Å²) >= 11 is 0. The number of hydrogen-bond acceptors (Lipinski definition) is 2. The Morgan fingerprint density at radius 1 is 1.19 bits per heavy atom. The van der Waals surface area contributed by atoms with Crippen molar-refractivity contribution in [2.24, 2.45) is 0 Å². The summed E-state index contributed by atoms with van der Waals surface area (Å²) in [6.45, 7) is 0.815. The summed E-state index contributed by atoms with van der Waals surface area (Å²) in [5.74, 6) is 0. The number of aromatic amines is 1. The Morgan fingerprint density at radius 2 is 2.06 bits per heavy atom. The zero-order valence-corrected chi connectivity index (χ0v) is 9.16. The minimum atomic E-state index is 0.815. The van der Waals surface area contributed by atoms with Crippen molar-refractivity contribution in [3.63, 3.8) is 0 Å². The van der Waals surface area contributed by atoms with Crippen LogP contribution in [-0.2, 0) is 19.4 Å². The molecule has 1 aliphatic rings. The third kappa shape index (κ3) is 1.69. The topological polar surface area (TPSA) is 40.7 Å². The molecule has 1 aromatic carbocycles. The van der Waals surface area contributed by atoms with Crippen LogP contribution < -0.4 is 5.32 Å². The number of aromatic nitrogens is 2. The van der Waals surface area contributed by atoms with Crippen molar-refractivity contribution >= 4 is 5.69 Å². The highest BCUT2D eigenvalue weighted by Crippen LogP contribution is 2.23. The summed E-state index contributed by atoms with van der Waals surface area (Å²) in [5.41, 5.74) is 5.10. The Bertz CT molecular complexity index is 473. The van der Waals surface area contributed by atoms with Crippen LogP contribution in [0.4, 0.5) is 5.69 Å². The molecule has 0 saturated carbocycles. The van der Waals surface area contributed by atoms with Crippen LogP contribution in [0, 0.1) is 0 Å². The monoisotopic (exact) mass is 213 g/mol. The molecular weight excluding hydrogens is 198 g/mol. The van der Waals surface area contributed by atoms with E-state index in [2.05, 4.69) is 27.6 Å². The SMILES string of the molecule is c1ccc(NCc2n[nH]c3c2CCC3)cc1. The fourth-order valence-corrected chi connectivity index (χ4v) is 2.28. The highest BCUT2D eigenvalue weighted by molar-refractivity contribution is 5.43. The van der Waals surface area contributed by atoms with Crippen LogP contribution >= 0.6 is 0 Å². The van der Waals surface area contributed by atoms with Gasteiger partial charge in [-0.3, -0.25) is 5.10 Å². The highest BCUT2D eigenvalue weighted by Gasteiger charge is 2.17. The zero-order valence-electron chi connectivity index (χ0n) is 9.16. The molecule has 0 atom stereocenters. The van der Waals surface area contributed by atoms with Crippen LogP contribution in [0.25, 0.3) is 0 Å². The van der Waals surface area contributed by atoms with Crippen molar-refractivity contribution < 1.29 is 0 Å². The first-order chi connectivity index (χ1) is 7.93. The van der Waals surface area contributed by atoms with Crippen LogP contribution in [0.5, 0.6) is 0 Å². The zero-order chi connectivity index (χ0) is 10.8. The molecule has 1 aromatic heterocycles. The predicted octanol–water partition coefficient (Wildman–Crippen LogP) is 2.51. The van der Waals surface area contributed by atoms with Gasteiger partial charge in [-0.2, -0.15) is 5.10 Å². The number of rotatable bonds is 3. The van der Waals surface area contributed by atoms with Crippen molar-refractivity contribution in [3.05, 3.63) is 47.3 Å². The number of benzene rings is 1. The Kier molecular flexibility index (Phi) is 2.37. The summed E-state index contributed by atoms with van der Waals surface area (Å²) in [4.78, 5) is 0. The molecule has 2 aromatic rings. The fraction of sp³-hybridized carbons (Fsp3) is 0.308. The maximum Gasteiger partial charge on any atom is 0.0847 e. The molecule has 0 saturated heterocycles. The first-order valence-electron chi connectivity index (χ1n) is 5.77. The molecule has 0 unspecified atom stereocenters. The molecule has 1 heterocycles. The van der Waals surface area contributed by atoms with E-state index in [1.54, 1.807) is 0 Å². The van der Waals surface area contributed by atoms with Gasteiger partial charge in [-0.25, -0.2) is 0 Å². The Labute approximate surface area is 94.9 Å². The number of H-pyrrole nitrogens is 1. The Morgan fingerprint density at radius 3 is 2.94 bits per heavy atom. The van der Waals surface area contributed by atoms with E-state index in [9.17, 15) is 0 Å². The van der Waals surface area contributed by atoms with E-state index in [0.29, 0.717) is 0 Å². The first-order valence-corrected chi connectivity index (χ1v) is 5.77. The quantitative estimate of drug-likeness (QED) is 0.822. The largest absolute Gasteiger partial charge is 0.379 e. The van der Waals surface area contributed by atoms with Crippen molar-refractivity contribution in [1.82, 2.24) is 10.2 Å². The highest BCUT2D eigenvalue weighted by atomic mass is 15.1. The first kappa shape index (κ1) is 9.46. The molecule has 0 fully saturated rings. The summed E-state index contributed by atoms with van der Waals surface area (Å²) in [6, 6.07) is 10.3. The van der Waals surface area contributed by atoms with Gasteiger partial charge in [0.05, 0.1) is 12.2 Å². The second-order valence-electron chi connectivity index (χ2n) is 4.20. The van der Waals surface area contributed by atoms with Gasteiger partial charge in [-0.05, 0) is 37.0 Å². The van der Waals surface area contributed by atoms with Gasteiger partial charge in [0.25, 0.3) is 0 Å². The third-order valence-corrected chi connectivity index (χ3v) is 3.13. The number of nitrogens with one attached hydrogen (secondary N) is 2. The minimum absolute atomic E-state index is 0.815. The molecule has 0 spiro atoms. The smallest absolute Gasteiger partial charge is 0.0847 e. The molecule has 3 heteroatoms. The van der Waals surface area contributed by atoms with Gasteiger partial charge < -0.3 is 5.32 Å². The van der Waals surface area contributed by atoms with Crippen molar-refractivity contribution in [1.29, 1.82) is 0 Å². The molecule has 0 bridgehead atoms. The summed E-state index contributed by atoms with van der Waals surface area (Å²) < 4.78 is 0. The van der Waals surface area contributed by atoms with Crippen LogP contribution in [0.3, 0.4) is 0 Å². The molecule has 0 aliphatic heterocycles. The van der Waals surface area contributed by atoms with Gasteiger partial charge in [0.15, 0.2) is 0 Å². The van der Waals surface area contributed by atoms with Gasteiger partial charge in [0, 0.05) is 11.4 Å². The van der Waals surface area contributed by atoms with Gasteiger partial charge in [0.1, 0.15) is 0 Å². The lowest BCUT2D eigenvalue weighted by molar-refractivity contribution is 0.841. The molecular formula is C13H15N3. The fourth-order valence-electron chi connectivity index (χ4n) is 2.28. The number of anilines is 1. The van der Waals surface area contributed by atoms with Crippen LogP contribution in [0.1, 0.15) is 23.4 Å². The summed E-state index contributed by atoms with van der Waals surface area (Å²) in [5, 5.41) is 10.9. The second-order valence-corrected chi connectivity index (χ2v) is 4.20. The molecule has 2 N–H and O–H groups in total. The van der Waals surface area contributed by atoms with E-state index in [1.165, 1.54) is 29.8 Å². The summed E-state index contributed by atoms with van der Waals surface area (Å²) in [7, 11) is 0. The average Bonchev–Trinajstić information content (AvgIpc) is 2.90. The number of para-hydroxylation sites is 1. The van der Waals surface area contributed by atoms with Crippen molar-refractivity contribution in [2.45, 2.75) is 25.8 Å². The molecule has 0 radical (unpaired) electrons. The standard InChI is InChI=1S/C13H15N3/c1-2-5-10(6-3-1)14-9-13-11-7-4-8-12(11)15-16-13/h1-3,5-6,14H,4,7-9H2,(H,15,16). The molecule has 3 nitrogen and oxygen atoms in total. The van der Waals surface area contributed by atoms with E-state index in [4.69, 9.17) is 0 Å². The third-order valence-electron chi connectivity index (χ3n) is 3.13. The van der Waals surface area contributed by atoms with Crippen molar-refractivity contribution in [2.75, 3.05) is 5.32 Å². The lowest BCUT2D eigenvalue weighted by atomic mass is 10.2. The van der Waals surface area contributed by atoms with Gasteiger partial charge in [0.2, 0.25) is 0 Å². The van der Waals surface area contributed by atoms with Crippen LogP contribution in [-0.4, -0.2) is 10.2 Å².